The van der Waals surface area contributed by atoms with Gasteiger partial charge in [0, 0.05) is 5.56 Å². The lowest BCUT2D eigenvalue weighted by atomic mass is 10.1. The number of benzene rings is 2. The second-order valence-corrected chi connectivity index (χ2v) is 6.04. The minimum atomic E-state index is -4.44. The number of rotatable bonds is 4. The molecule has 0 saturated heterocycles. The highest BCUT2D eigenvalue weighted by Crippen LogP contribution is 2.26. The molecule has 1 atom stereocenters. The number of sulfonamides is 1. The SMILES string of the molecule is CC(O)c1ccccc1NS(=O)(=O)c1c(F)cccc1F. The van der Waals surface area contributed by atoms with Crippen LogP contribution in [0.2, 0.25) is 0 Å². The Morgan fingerprint density at radius 3 is 2.19 bits per heavy atom. The van der Waals surface area contributed by atoms with E-state index in [4.69, 9.17) is 0 Å². The van der Waals surface area contributed by atoms with Crippen molar-refractivity contribution in [1.82, 2.24) is 0 Å². The van der Waals surface area contributed by atoms with E-state index in [1.807, 2.05) is 0 Å². The fourth-order valence-corrected chi connectivity index (χ4v) is 3.12. The van der Waals surface area contributed by atoms with Gasteiger partial charge in [-0.25, -0.2) is 17.2 Å². The molecule has 0 spiro atoms. The fraction of sp³-hybridized carbons (Fsp3) is 0.143. The predicted octanol–water partition coefficient (Wildman–Crippen LogP) is 2.82. The summed E-state index contributed by atoms with van der Waals surface area (Å²) < 4.78 is 53.6. The maximum absolute atomic E-state index is 13.6. The Bertz CT molecular complexity index is 740. The summed E-state index contributed by atoms with van der Waals surface area (Å²) in [5, 5.41) is 9.60. The van der Waals surface area contributed by atoms with Gasteiger partial charge in [-0.05, 0) is 25.1 Å². The molecular formula is C14H13F2NO3S. The van der Waals surface area contributed by atoms with E-state index in [9.17, 15) is 22.3 Å². The average Bonchev–Trinajstić information content (AvgIpc) is 2.37. The van der Waals surface area contributed by atoms with E-state index in [-0.39, 0.29) is 5.69 Å². The van der Waals surface area contributed by atoms with Gasteiger partial charge in [-0.3, -0.25) is 4.72 Å². The maximum Gasteiger partial charge on any atom is 0.267 e. The van der Waals surface area contributed by atoms with E-state index in [0.717, 1.165) is 18.2 Å². The zero-order valence-electron chi connectivity index (χ0n) is 11.0. The number of hydrogen-bond acceptors (Lipinski definition) is 3. The molecule has 21 heavy (non-hydrogen) atoms. The molecule has 0 aliphatic heterocycles. The fourth-order valence-electron chi connectivity index (χ4n) is 1.89. The number of aliphatic hydroxyl groups excluding tert-OH is 1. The summed E-state index contributed by atoms with van der Waals surface area (Å²) in [7, 11) is -4.44. The molecule has 0 aromatic heterocycles. The van der Waals surface area contributed by atoms with Gasteiger partial charge < -0.3 is 5.11 Å². The standard InChI is InChI=1S/C14H13F2NO3S/c1-9(18)10-5-2-3-8-13(10)17-21(19,20)14-11(15)6-4-7-12(14)16/h2-9,17-18H,1H3. The molecule has 2 N–H and O–H groups in total. The zero-order chi connectivity index (χ0) is 15.6. The minimum Gasteiger partial charge on any atom is -0.389 e. The van der Waals surface area contributed by atoms with Crippen LogP contribution in [0.3, 0.4) is 0 Å². The summed E-state index contributed by atoms with van der Waals surface area (Å²) >= 11 is 0. The van der Waals surface area contributed by atoms with Gasteiger partial charge in [0.2, 0.25) is 0 Å². The molecule has 0 saturated carbocycles. The van der Waals surface area contributed by atoms with Crippen LogP contribution < -0.4 is 4.72 Å². The van der Waals surface area contributed by atoms with E-state index in [0.29, 0.717) is 5.56 Å². The highest BCUT2D eigenvalue weighted by atomic mass is 32.2. The molecule has 4 nitrogen and oxygen atoms in total. The first-order valence-electron chi connectivity index (χ1n) is 6.07. The molecule has 2 rings (SSSR count). The van der Waals surface area contributed by atoms with Gasteiger partial charge in [0.05, 0.1) is 11.8 Å². The van der Waals surface area contributed by atoms with E-state index < -0.39 is 32.7 Å². The Labute approximate surface area is 121 Å². The Balaban J connectivity index is 2.48. The number of para-hydroxylation sites is 1. The smallest absolute Gasteiger partial charge is 0.267 e. The van der Waals surface area contributed by atoms with Crippen molar-refractivity contribution in [2.45, 2.75) is 17.9 Å². The van der Waals surface area contributed by atoms with Crippen LogP contribution in [0.25, 0.3) is 0 Å². The third kappa shape index (κ3) is 3.20. The van der Waals surface area contributed by atoms with Gasteiger partial charge in [0.25, 0.3) is 10.0 Å². The number of nitrogens with one attached hydrogen (secondary N) is 1. The number of anilines is 1. The van der Waals surface area contributed by atoms with Crippen molar-refractivity contribution in [2.75, 3.05) is 4.72 Å². The van der Waals surface area contributed by atoms with Crippen LogP contribution >= 0.6 is 0 Å². The van der Waals surface area contributed by atoms with Gasteiger partial charge in [0.1, 0.15) is 11.6 Å². The molecule has 0 aliphatic rings. The Morgan fingerprint density at radius 2 is 1.62 bits per heavy atom. The van der Waals surface area contributed by atoms with Crippen molar-refractivity contribution < 1.29 is 22.3 Å². The quantitative estimate of drug-likeness (QED) is 0.912. The molecule has 7 heteroatoms. The highest BCUT2D eigenvalue weighted by Gasteiger charge is 2.25. The monoisotopic (exact) mass is 313 g/mol. The van der Waals surface area contributed by atoms with Crippen LogP contribution in [0.15, 0.2) is 47.4 Å². The van der Waals surface area contributed by atoms with Gasteiger partial charge in [-0.15, -0.1) is 0 Å². The summed E-state index contributed by atoms with van der Waals surface area (Å²) in [4.78, 5) is -1.05. The molecule has 0 amide bonds. The van der Waals surface area contributed by atoms with Crippen LogP contribution in [-0.4, -0.2) is 13.5 Å². The van der Waals surface area contributed by atoms with Crippen molar-refractivity contribution in [3.63, 3.8) is 0 Å². The van der Waals surface area contributed by atoms with Crippen molar-refractivity contribution in [2.24, 2.45) is 0 Å². The largest absolute Gasteiger partial charge is 0.389 e. The highest BCUT2D eigenvalue weighted by molar-refractivity contribution is 7.92. The summed E-state index contributed by atoms with van der Waals surface area (Å²) in [5.41, 5.74) is 0.368. The van der Waals surface area contributed by atoms with Gasteiger partial charge in [-0.2, -0.15) is 0 Å². The van der Waals surface area contributed by atoms with Gasteiger partial charge in [-0.1, -0.05) is 24.3 Å². The minimum absolute atomic E-state index is 0.0650. The lowest BCUT2D eigenvalue weighted by Gasteiger charge is -2.14. The van der Waals surface area contributed by atoms with Crippen LogP contribution in [0.1, 0.15) is 18.6 Å². The lowest BCUT2D eigenvalue weighted by Crippen LogP contribution is -2.17. The van der Waals surface area contributed by atoms with E-state index in [2.05, 4.69) is 4.72 Å². The first-order chi connectivity index (χ1) is 9.83. The Kier molecular flexibility index (Phi) is 4.24. The third-order valence-electron chi connectivity index (χ3n) is 2.84. The third-order valence-corrected chi connectivity index (χ3v) is 4.26. The molecule has 0 aliphatic carbocycles. The van der Waals surface area contributed by atoms with Gasteiger partial charge >= 0.3 is 0 Å². The van der Waals surface area contributed by atoms with E-state index >= 15 is 0 Å². The van der Waals surface area contributed by atoms with Crippen LogP contribution in [0, 0.1) is 11.6 Å². The first kappa shape index (κ1) is 15.4. The molecule has 0 radical (unpaired) electrons. The first-order valence-corrected chi connectivity index (χ1v) is 7.55. The Hall–Kier alpha value is -1.99. The van der Waals surface area contributed by atoms with Crippen molar-refractivity contribution >= 4 is 15.7 Å². The molecule has 112 valence electrons. The molecule has 0 fully saturated rings. The van der Waals surface area contributed by atoms with Gasteiger partial charge in [0.15, 0.2) is 4.90 Å². The molecular weight excluding hydrogens is 300 g/mol. The summed E-state index contributed by atoms with van der Waals surface area (Å²) in [6.07, 6.45) is -0.936. The molecule has 2 aromatic carbocycles. The summed E-state index contributed by atoms with van der Waals surface area (Å²) in [5.74, 6) is -2.37. The molecule has 1 unspecified atom stereocenters. The van der Waals surface area contributed by atoms with E-state index in [1.165, 1.54) is 19.1 Å². The zero-order valence-corrected chi connectivity index (χ0v) is 11.9. The van der Waals surface area contributed by atoms with Crippen molar-refractivity contribution in [1.29, 1.82) is 0 Å². The van der Waals surface area contributed by atoms with Crippen LogP contribution in [0.5, 0.6) is 0 Å². The van der Waals surface area contributed by atoms with Crippen LogP contribution in [0.4, 0.5) is 14.5 Å². The van der Waals surface area contributed by atoms with Crippen molar-refractivity contribution in [3.8, 4) is 0 Å². The average molecular weight is 313 g/mol. The number of hydrogen-bond donors (Lipinski definition) is 2. The second kappa shape index (κ2) is 5.79. The normalized spacial score (nSPS) is 13.0. The number of aliphatic hydroxyl groups is 1. The Morgan fingerprint density at radius 1 is 1.05 bits per heavy atom. The van der Waals surface area contributed by atoms with Crippen molar-refractivity contribution in [3.05, 3.63) is 59.7 Å². The topological polar surface area (TPSA) is 66.4 Å². The molecule has 0 heterocycles. The summed E-state index contributed by atoms with van der Waals surface area (Å²) in [6.45, 7) is 1.46. The number of halogens is 2. The predicted molar refractivity (Wildman–Crippen MR) is 74.2 cm³/mol. The molecule has 0 bridgehead atoms. The lowest BCUT2D eigenvalue weighted by molar-refractivity contribution is 0.200. The summed E-state index contributed by atoms with van der Waals surface area (Å²) in [6, 6.07) is 8.87. The second-order valence-electron chi connectivity index (χ2n) is 4.42. The molecule has 2 aromatic rings. The van der Waals surface area contributed by atoms with Crippen LogP contribution in [-0.2, 0) is 10.0 Å². The maximum atomic E-state index is 13.6. The van der Waals surface area contributed by atoms with E-state index in [1.54, 1.807) is 12.1 Å².